The fraction of sp³-hybridized carbons (Fsp3) is 0.455. The number of aromatic nitrogens is 1. The number of hydrogen-bond donors (Lipinski definition) is 1. The van der Waals surface area contributed by atoms with Crippen LogP contribution in [0.3, 0.4) is 0 Å². The summed E-state index contributed by atoms with van der Waals surface area (Å²) in [5.74, 6) is 1.11. The number of hydrogen-bond acceptors (Lipinski definition) is 4. The Hall–Kier alpha value is -1.30. The van der Waals surface area contributed by atoms with Gasteiger partial charge in [0.25, 0.3) is 0 Å². The van der Waals surface area contributed by atoms with Crippen LogP contribution in [0, 0.1) is 0 Å². The first-order chi connectivity index (χ1) is 8.16. The molecule has 0 saturated carbocycles. The summed E-state index contributed by atoms with van der Waals surface area (Å²) in [5.41, 5.74) is 5.70. The summed E-state index contributed by atoms with van der Waals surface area (Å²) in [4.78, 5) is 17.2. The second-order valence-electron chi connectivity index (χ2n) is 3.85. The van der Waals surface area contributed by atoms with E-state index in [-0.39, 0.29) is 5.91 Å². The van der Waals surface area contributed by atoms with Gasteiger partial charge in [-0.15, -0.1) is 0 Å². The molecule has 0 aliphatic carbocycles. The Bertz CT molecular complexity index is 425. The maximum atomic E-state index is 11.4. The third-order valence-corrected chi connectivity index (χ3v) is 3.08. The SMILES string of the molecule is Nc1nc(Br)ccc1OCCN1CCCC1=O. The molecule has 0 unspecified atom stereocenters. The Kier molecular flexibility index (Phi) is 3.83. The lowest BCUT2D eigenvalue weighted by Gasteiger charge is -2.16. The molecule has 1 aromatic heterocycles. The van der Waals surface area contributed by atoms with Crippen molar-refractivity contribution in [1.29, 1.82) is 0 Å². The normalized spacial score (nSPS) is 15.4. The molecule has 2 N–H and O–H groups in total. The highest BCUT2D eigenvalue weighted by molar-refractivity contribution is 9.10. The lowest BCUT2D eigenvalue weighted by Crippen LogP contribution is -2.29. The van der Waals surface area contributed by atoms with E-state index in [0.717, 1.165) is 13.0 Å². The first-order valence-corrected chi connectivity index (χ1v) is 6.29. The minimum atomic E-state index is 0.204. The van der Waals surface area contributed by atoms with E-state index in [2.05, 4.69) is 20.9 Å². The van der Waals surface area contributed by atoms with Crippen molar-refractivity contribution in [3.8, 4) is 5.75 Å². The maximum absolute atomic E-state index is 11.4. The minimum absolute atomic E-state index is 0.204. The molecule has 1 fully saturated rings. The van der Waals surface area contributed by atoms with Gasteiger partial charge in [0.15, 0.2) is 11.6 Å². The molecule has 0 atom stereocenters. The number of ether oxygens (including phenoxy) is 1. The average molecular weight is 300 g/mol. The zero-order chi connectivity index (χ0) is 12.3. The topological polar surface area (TPSA) is 68.5 Å². The summed E-state index contributed by atoms with van der Waals surface area (Å²) in [7, 11) is 0. The molecule has 0 aromatic carbocycles. The van der Waals surface area contributed by atoms with Crippen LogP contribution in [0.5, 0.6) is 5.75 Å². The van der Waals surface area contributed by atoms with Crippen molar-refractivity contribution in [3.05, 3.63) is 16.7 Å². The summed E-state index contributed by atoms with van der Waals surface area (Å²) in [5, 5.41) is 0. The number of amides is 1. The maximum Gasteiger partial charge on any atom is 0.222 e. The number of likely N-dealkylation sites (tertiary alicyclic amines) is 1. The van der Waals surface area contributed by atoms with Crippen molar-refractivity contribution >= 4 is 27.7 Å². The molecule has 0 bridgehead atoms. The summed E-state index contributed by atoms with van der Waals surface area (Å²) >= 11 is 3.23. The number of carbonyl (C=O) groups is 1. The molecular formula is C11H14BrN3O2. The first kappa shape index (κ1) is 12.2. The molecule has 2 rings (SSSR count). The molecule has 2 heterocycles. The van der Waals surface area contributed by atoms with Crippen LogP contribution in [0.15, 0.2) is 16.7 Å². The molecular weight excluding hydrogens is 286 g/mol. The number of carbonyl (C=O) groups excluding carboxylic acids is 1. The third kappa shape index (κ3) is 3.09. The summed E-state index contributed by atoms with van der Waals surface area (Å²) in [6, 6.07) is 3.53. The number of halogens is 1. The van der Waals surface area contributed by atoms with Crippen LogP contribution in [0.4, 0.5) is 5.82 Å². The molecule has 0 radical (unpaired) electrons. The van der Waals surface area contributed by atoms with Gasteiger partial charge in [-0.2, -0.15) is 0 Å². The van der Waals surface area contributed by atoms with Gasteiger partial charge in [0.2, 0.25) is 5.91 Å². The van der Waals surface area contributed by atoms with Crippen molar-refractivity contribution in [3.63, 3.8) is 0 Å². The zero-order valence-corrected chi connectivity index (χ0v) is 10.9. The van der Waals surface area contributed by atoms with Crippen molar-refractivity contribution in [1.82, 2.24) is 9.88 Å². The van der Waals surface area contributed by atoms with Gasteiger partial charge in [-0.1, -0.05) is 0 Å². The average Bonchev–Trinajstić information content (AvgIpc) is 2.68. The number of nitrogens with zero attached hydrogens (tertiary/aromatic N) is 2. The smallest absolute Gasteiger partial charge is 0.222 e. The van der Waals surface area contributed by atoms with Crippen molar-refractivity contribution in [2.45, 2.75) is 12.8 Å². The van der Waals surface area contributed by atoms with E-state index in [0.29, 0.717) is 35.7 Å². The predicted octanol–water partition coefficient (Wildman–Crippen LogP) is 1.43. The molecule has 6 heteroatoms. The molecule has 1 aliphatic rings. The Morgan fingerprint density at radius 2 is 2.35 bits per heavy atom. The summed E-state index contributed by atoms with van der Waals surface area (Å²) in [6.45, 7) is 1.88. The Balaban J connectivity index is 1.83. The van der Waals surface area contributed by atoms with Gasteiger partial charge in [0.1, 0.15) is 11.2 Å². The Morgan fingerprint density at radius 3 is 3.00 bits per heavy atom. The van der Waals surface area contributed by atoms with E-state index in [1.54, 1.807) is 12.1 Å². The lowest BCUT2D eigenvalue weighted by molar-refractivity contribution is -0.128. The number of anilines is 1. The van der Waals surface area contributed by atoms with Gasteiger partial charge < -0.3 is 15.4 Å². The summed E-state index contributed by atoms with van der Waals surface area (Å²) in [6.07, 6.45) is 1.60. The highest BCUT2D eigenvalue weighted by atomic mass is 79.9. The lowest BCUT2D eigenvalue weighted by atomic mass is 10.4. The van der Waals surface area contributed by atoms with Gasteiger partial charge in [0, 0.05) is 13.0 Å². The minimum Gasteiger partial charge on any atom is -0.488 e. The van der Waals surface area contributed by atoms with Crippen LogP contribution in [0.2, 0.25) is 0 Å². The second kappa shape index (κ2) is 5.35. The van der Waals surface area contributed by atoms with Crippen LogP contribution in [0.1, 0.15) is 12.8 Å². The van der Waals surface area contributed by atoms with E-state index in [1.165, 1.54) is 0 Å². The van der Waals surface area contributed by atoms with E-state index >= 15 is 0 Å². The fourth-order valence-electron chi connectivity index (χ4n) is 1.77. The quantitative estimate of drug-likeness (QED) is 0.854. The van der Waals surface area contributed by atoms with Gasteiger partial charge in [-0.05, 0) is 34.5 Å². The third-order valence-electron chi connectivity index (χ3n) is 2.64. The van der Waals surface area contributed by atoms with Crippen molar-refractivity contribution < 1.29 is 9.53 Å². The first-order valence-electron chi connectivity index (χ1n) is 5.49. The van der Waals surface area contributed by atoms with Crippen LogP contribution in [-0.2, 0) is 4.79 Å². The highest BCUT2D eigenvalue weighted by Crippen LogP contribution is 2.21. The fourth-order valence-corrected chi connectivity index (χ4v) is 2.09. The molecule has 0 spiro atoms. The molecule has 92 valence electrons. The molecule has 1 aliphatic heterocycles. The summed E-state index contributed by atoms with van der Waals surface area (Å²) < 4.78 is 6.18. The monoisotopic (exact) mass is 299 g/mol. The van der Waals surface area contributed by atoms with E-state index in [4.69, 9.17) is 10.5 Å². The van der Waals surface area contributed by atoms with Crippen LogP contribution >= 0.6 is 15.9 Å². The Labute approximate surface area is 108 Å². The largest absolute Gasteiger partial charge is 0.488 e. The van der Waals surface area contributed by atoms with Crippen LogP contribution < -0.4 is 10.5 Å². The zero-order valence-electron chi connectivity index (χ0n) is 9.36. The number of rotatable bonds is 4. The van der Waals surface area contributed by atoms with Crippen LogP contribution in [0.25, 0.3) is 0 Å². The second-order valence-corrected chi connectivity index (χ2v) is 4.66. The Morgan fingerprint density at radius 1 is 1.53 bits per heavy atom. The standard InChI is InChI=1S/C11H14BrN3O2/c12-9-4-3-8(11(13)14-9)17-7-6-15-5-1-2-10(15)16/h3-4H,1-2,5-7H2,(H2,13,14). The molecule has 17 heavy (non-hydrogen) atoms. The molecule has 1 amide bonds. The van der Waals surface area contributed by atoms with E-state index in [1.807, 2.05) is 4.90 Å². The molecule has 1 aromatic rings. The number of nitrogen functional groups attached to an aromatic ring is 1. The van der Waals surface area contributed by atoms with E-state index in [9.17, 15) is 4.79 Å². The van der Waals surface area contributed by atoms with Crippen molar-refractivity contribution in [2.24, 2.45) is 0 Å². The van der Waals surface area contributed by atoms with Crippen LogP contribution in [-0.4, -0.2) is 35.5 Å². The molecule has 1 saturated heterocycles. The number of nitrogens with two attached hydrogens (primary N) is 1. The highest BCUT2D eigenvalue weighted by Gasteiger charge is 2.19. The predicted molar refractivity (Wildman–Crippen MR) is 67.7 cm³/mol. The van der Waals surface area contributed by atoms with Gasteiger partial charge in [0.05, 0.1) is 6.54 Å². The van der Waals surface area contributed by atoms with Crippen molar-refractivity contribution in [2.75, 3.05) is 25.4 Å². The van der Waals surface area contributed by atoms with Gasteiger partial charge >= 0.3 is 0 Å². The van der Waals surface area contributed by atoms with Gasteiger partial charge in [-0.3, -0.25) is 4.79 Å². The number of pyridine rings is 1. The molecule has 5 nitrogen and oxygen atoms in total. The van der Waals surface area contributed by atoms with E-state index < -0.39 is 0 Å². The van der Waals surface area contributed by atoms with Gasteiger partial charge in [-0.25, -0.2) is 4.98 Å².